The number of nitrogen functional groups attached to an aromatic ring is 1. The zero-order valence-corrected chi connectivity index (χ0v) is 17.8. The van der Waals surface area contributed by atoms with Crippen molar-refractivity contribution in [1.29, 1.82) is 0 Å². The number of aromatic nitrogens is 1. The van der Waals surface area contributed by atoms with Crippen LogP contribution in [0.2, 0.25) is 0 Å². The minimum atomic E-state index is -1.44. The Labute approximate surface area is 178 Å². The van der Waals surface area contributed by atoms with E-state index < -0.39 is 34.3 Å². The topological polar surface area (TPSA) is 101 Å². The van der Waals surface area contributed by atoms with Crippen LogP contribution in [-0.2, 0) is 0 Å². The molecule has 1 aliphatic carbocycles. The number of aromatic carboxylic acids is 1. The molecule has 4 N–H and O–H groups in total. The molecule has 0 unspecified atom stereocenters. The van der Waals surface area contributed by atoms with Crippen LogP contribution < -0.4 is 21.4 Å². The van der Waals surface area contributed by atoms with E-state index in [0.29, 0.717) is 13.1 Å². The number of hydrogen-bond acceptors (Lipinski definition) is 5. The van der Waals surface area contributed by atoms with Crippen LogP contribution in [0.1, 0.15) is 49.5 Å². The predicted molar refractivity (Wildman–Crippen MR) is 116 cm³/mol. The molecule has 1 aromatic heterocycles. The van der Waals surface area contributed by atoms with Gasteiger partial charge >= 0.3 is 5.97 Å². The van der Waals surface area contributed by atoms with Gasteiger partial charge in [-0.25, -0.2) is 13.6 Å². The molecule has 168 valence electrons. The molecular weight excluding hydrogens is 406 g/mol. The first kappa shape index (κ1) is 21.5. The largest absolute Gasteiger partial charge is 0.477 e. The van der Waals surface area contributed by atoms with E-state index in [1.807, 2.05) is 6.92 Å². The average molecular weight is 434 g/mol. The van der Waals surface area contributed by atoms with Crippen LogP contribution in [0.4, 0.5) is 20.2 Å². The highest BCUT2D eigenvalue weighted by atomic mass is 19.1. The summed E-state index contributed by atoms with van der Waals surface area (Å²) in [5, 5.41) is 12.3. The summed E-state index contributed by atoms with van der Waals surface area (Å²) >= 11 is 0. The lowest BCUT2D eigenvalue weighted by atomic mass is 9.94. The molecule has 2 fully saturated rings. The van der Waals surface area contributed by atoms with Gasteiger partial charge in [0.1, 0.15) is 11.3 Å². The number of halogens is 2. The maximum absolute atomic E-state index is 15.9. The molecule has 2 heterocycles. The molecule has 1 aromatic carbocycles. The summed E-state index contributed by atoms with van der Waals surface area (Å²) in [4.78, 5) is 26.0. The molecule has 9 heteroatoms. The highest BCUT2D eigenvalue weighted by Gasteiger charge is 2.37. The second kappa shape index (κ2) is 8.11. The van der Waals surface area contributed by atoms with Crippen LogP contribution in [0.5, 0.6) is 0 Å². The van der Waals surface area contributed by atoms with Gasteiger partial charge in [-0.2, -0.15) is 0 Å². The van der Waals surface area contributed by atoms with Crippen LogP contribution >= 0.6 is 0 Å². The Balaban J connectivity index is 1.91. The molecule has 0 radical (unpaired) electrons. The highest BCUT2D eigenvalue weighted by Crippen LogP contribution is 2.43. The third-order valence-corrected chi connectivity index (χ3v) is 6.61. The Bertz CT molecular complexity index is 1100. The van der Waals surface area contributed by atoms with Crippen LogP contribution in [0.3, 0.4) is 0 Å². The van der Waals surface area contributed by atoms with Crippen molar-refractivity contribution in [2.75, 3.05) is 36.8 Å². The van der Waals surface area contributed by atoms with Gasteiger partial charge in [0.15, 0.2) is 11.6 Å². The maximum Gasteiger partial charge on any atom is 0.341 e. The van der Waals surface area contributed by atoms with Gasteiger partial charge in [-0.15, -0.1) is 0 Å². The summed E-state index contributed by atoms with van der Waals surface area (Å²) in [6.07, 6.45) is 3.51. The second-order valence-corrected chi connectivity index (χ2v) is 8.57. The van der Waals surface area contributed by atoms with E-state index in [1.165, 1.54) is 10.8 Å². The first-order chi connectivity index (χ1) is 14.8. The lowest BCUT2D eigenvalue weighted by molar-refractivity contribution is 0.0695. The smallest absolute Gasteiger partial charge is 0.341 e. The molecule has 2 atom stereocenters. The number of rotatable bonds is 7. The number of benzene rings is 1. The molecule has 4 rings (SSSR count). The number of fused-ring (bicyclic) bond motifs is 1. The minimum Gasteiger partial charge on any atom is -0.477 e. The molecule has 2 aliphatic rings. The molecule has 0 amide bonds. The van der Waals surface area contributed by atoms with Gasteiger partial charge in [0.05, 0.1) is 16.6 Å². The fourth-order valence-corrected chi connectivity index (χ4v) is 4.77. The Morgan fingerprint density at radius 2 is 1.90 bits per heavy atom. The molecule has 31 heavy (non-hydrogen) atoms. The third-order valence-electron chi connectivity index (χ3n) is 6.61. The Hall–Kier alpha value is -2.68. The van der Waals surface area contributed by atoms with Gasteiger partial charge in [-0.3, -0.25) is 4.79 Å². The van der Waals surface area contributed by atoms with E-state index in [1.54, 1.807) is 4.90 Å². The molecule has 7 nitrogen and oxygen atoms in total. The van der Waals surface area contributed by atoms with E-state index in [-0.39, 0.29) is 34.5 Å². The van der Waals surface area contributed by atoms with Gasteiger partial charge < -0.3 is 25.6 Å². The molecule has 1 saturated carbocycles. The van der Waals surface area contributed by atoms with Crippen LogP contribution in [0, 0.1) is 23.5 Å². The molecule has 0 bridgehead atoms. The molecule has 0 spiro atoms. The van der Waals surface area contributed by atoms with E-state index in [0.717, 1.165) is 32.4 Å². The van der Waals surface area contributed by atoms with Crippen molar-refractivity contribution < 1.29 is 18.7 Å². The van der Waals surface area contributed by atoms with Crippen LogP contribution in [-0.4, -0.2) is 41.8 Å². The van der Waals surface area contributed by atoms with Gasteiger partial charge in [-0.1, -0.05) is 20.3 Å². The van der Waals surface area contributed by atoms with Gasteiger partial charge in [0, 0.05) is 25.3 Å². The van der Waals surface area contributed by atoms with Crippen molar-refractivity contribution >= 4 is 28.2 Å². The Morgan fingerprint density at radius 1 is 1.23 bits per heavy atom. The number of anilines is 2. The first-order valence-corrected chi connectivity index (χ1v) is 10.8. The van der Waals surface area contributed by atoms with E-state index in [9.17, 15) is 14.7 Å². The summed E-state index contributed by atoms with van der Waals surface area (Å²) < 4.78 is 32.7. The van der Waals surface area contributed by atoms with Crippen molar-refractivity contribution in [2.45, 2.75) is 39.2 Å². The highest BCUT2D eigenvalue weighted by molar-refractivity contribution is 5.99. The summed E-state index contributed by atoms with van der Waals surface area (Å²) in [6.45, 7) is 6.62. The fraction of sp³-hybridized carbons (Fsp3) is 0.545. The maximum atomic E-state index is 15.9. The SMILES string of the molecule is CCNC[C@@H]1CN(c2c(F)c(N)c3c(=O)c(C(=O)O)cn(C4CC4)c3c2F)C[C@@H]1CC. The molecular formula is C22H28F2N4O3. The van der Waals surface area contributed by atoms with Crippen LogP contribution in [0.25, 0.3) is 10.9 Å². The number of carboxylic acid groups (broad SMARTS) is 1. The van der Waals surface area contributed by atoms with E-state index in [2.05, 4.69) is 12.2 Å². The lowest BCUT2D eigenvalue weighted by Gasteiger charge is -2.24. The van der Waals surface area contributed by atoms with Crippen molar-refractivity contribution in [3.63, 3.8) is 0 Å². The predicted octanol–water partition coefficient (Wildman–Crippen LogP) is 2.97. The average Bonchev–Trinajstić information content (AvgIpc) is 3.50. The van der Waals surface area contributed by atoms with Gasteiger partial charge in [0.2, 0.25) is 5.43 Å². The molecule has 1 saturated heterocycles. The second-order valence-electron chi connectivity index (χ2n) is 8.57. The van der Waals surface area contributed by atoms with Gasteiger partial charge in [-0.05, 0) is 37.8 Å². The zero-order valence-electron chi connectivity index (χ0n) is 17.8. The number of nitrogens with zero attached hydrogens (tertiary/aromatic N) is 2. The first-order valence-electron chi connectivity index (χ1n) is 10.8. The number of nitrogens with one attached hydrogen (secondary N) is 1. The lowest BCUT2D eigenvalue weighted by Crippen LogP contribution is -2.29. The summed E-state index contributed by atoms with van der Waals surface area (Å²) in [5.41, 5.74) is 3.71. The normalized spacial score (nSPS) is 21.2. The summed E-state index contributed by atoms with van der Waals surface area (Å²) in [6, 6.07) is -0.128. The molecule has 2 aromatic rings. The van der Waals surface area contributed by atoms with Crippen molar-refractivity contribution in [1.82, 2.24) is 9.88 Å². The van der Waals surface area contributed by atoms with Crippen molar-refractivity contribution in [3.8, 4) is 0 Å². The fourth-order valence-electron chi connectivity index (χ4n) is 4.77. The standard InChI is InChI=1S/C22H28F2N4O3/c1-3-11-8-27(9-12(11)7-26-4-2)20-16(23)18(25)15-19(17(20)24)28(13-5-6-13)10-14(21(15)29)22(30)31/h10-13,26H,3-9,25H2,1-2H3,(H,30,31)/t11-,12+/m0/s1. The van der Waals surface area contributed by atoms with Crippen molar-refractivity contribution in [2.24, 2.45) is 11.8 Å². The Kier molecular flexibility index (Phi) is 5.63. The van der Waals surface area contributed by atoms with E-state index >= 15 is 8.78 Å². The number of carboxylic acids is 1. The summed E-state index contributed by atoms with van der Waals surface area (Å²) in [7, 11) is 0. The molecule has 1 aliphatic heterocycles. The zero-order chi connectivity index (χ0) is 22.4. The Morgan fingerprint density at radius 3 is 2.48 bits per heavy atom. The van der Waals surface area contributed by atoms with Crippen molar-refractivity contribution in [3.05, 3.63) is 33.6 Å². The number of pyridine rings is 1. The van der Waals surface area contributed by atoms with Crippen LogP contribution in [0.15, 0.2) is 11.0 Å². The van der Waals surface area contributed by atoms with E-state index in [4.69, 9.17) is 5.73 Å². The number of carbonyl (C=O) groups is 1. The number of nitrogens with two attached hydrogens (primary N) is 1. The van der Waals surface area contributed by atoms with Gasteiger partial charge in [0.25, 0.3) is 0 Å². The monoisotopic (exact) mass is 434 g/mol. The quantitative estimate of drug-likeness (QED) is 0.580. The third kappa shape index (κ3) is 3.54. The number of hydrogen-bond donors (Lipinski definition) is 3. The summed E-state index contributed by atoms with van der Waals surface area (Å²) in [5.74, 6) is -2.77. The minimum absolute atomic E-state index is 0.102.